The van der Waals surface area contributed by atoms with E-state index in [1.54, 1.807) is 18.2 Å². The van der Waals surface area contributed by atoms with Gasteiger partial charge >= 0.3 is 0 Å². The number of nitrogens with one attached hydrogen (secondary N) is 2. The molecule has 1 saturated heterocycles. The summed E-state index contributed by atoms with van der Waals surface area (Å²) < 4.78 is 26.7. The minimum atomic E-state index is -3.35. The topological polar surface area (TPSA) is 58.2 Å². The monoisotopic (exact) mass is 268 g/mol. The molecule has 1 aromatic rings. The number of hydrogen-bond acceptors (Lipinski definition) is 3. The molecule has 100 valence electrons. The van der Waals surface area contributed by atoms with Crippen LogP contribution < -0.4 is 10.0 Å². The summed E-state index contributed by atoms with van der Waals surface area (Å²) in [7, 11) is -3.35. The lowest BCUT2D eigenvalue weighted by atomic mass is 10.2. The van der Waals surface area contributed by atoms with Crippen LogP contribution >= 0.6 is 0 Å². The van der Waals surface area contributed by atoms with Crippen molar-refractivity contribution in [3.63, 3.8) is 0 Å². The first kappa shape index (κ1) is 13.5. The van der Waals surface area contributed by atoms with E-state index < -0.39 is 10.0 Å². The van der Waals surface area contributed by atoms with Crippen LogP contribution in [0.1, 0.15) is 24.8 Å². The fourth-order valence-corrected chi connectivity index (χ4v) is 3.39. The molecule has 1 heterocycles. The summed E-state index contributed by atoms with van der Waals surface area (Å²) in [5.41, 5.74) is 0.954. The van der Waals surface area contributed by atoms with Crippen molar-refractivity contribution in [3.8, 4) is 0 Å². The zero-order valence-electron chi connectivity index (χ0n) is 10.6. The highest BCUT2D eigenvalue weighted by Crippen LogP contribution is 2.12. The molecule has 0 radical (unpaired) electrons. The molecule has 0 unspecified atom stereocenters. The Balaban J connectivity index is 1.90. The molecule has 0 bridgehead atoms. The molecule has 2 rings (SSSR count). The second-order valence-corrected chi connectivity index (χ2v) is 6.56. The summed E-state index contributed by atoms with van der Waals surface area (Å²) in [5.74, 6) is 0. The molecule has 0 amide bonds. The van der Waals surface area contributed by atoms with Crippen LogP contribution in [0, 0.1) is 6.92 Å². The molecule has 0 saturated carbocycles. The van der Waals surface area contributed by atoms with Crippen molar-refractivity contribution in [2.75, 3.05) is 13.1 Å². The van der Waals surface area contributed by atoms with E-state index in [1.807, 2.05) is 13.0 Å². The van der Waals surface area contributed by atoms with Gasteiger partial charge in [0, 0.05) is 12.6 Å². The lowest BCUT2D eigenvalue weighted by Crippen LogP contribution is -2.30. The average molecular weight is 268 g/mol. The van der Waals surface area contributed by atoms with Crippen LogP contribution in [0.25, 0.3) is 0 Å². The molecule has 1 aromatic carbocycles. The van der Waals surface area contributed by atoms with Crippen molar-refractivity contribution in [3.05, 3.63) is 29.8 Å². The molecule has 0 aliphatic carbocycles. The lowest BCUT2D eigenvalue weighted by Gasteiger charge is -2.11. The summed E-state index contributed by atoms with van der Waals surface area (Å²) in [6.07, 6.45) is 3.19. The Kier molecular flexibility index (Phi) is 4.37. The molecule has 0 aromatic heterocycles. The molecule has 1 aliphatic rings. The van der Waals surface area contributed by atoms with Crippen LogP contribution in [-0.4, -0.2) is 27.5 Å². The van der Waals surface area contributed by atoms with Gasteiger partial charge in [0.05, 0.1) is 4.90 Å². The van der Waals surface area contributed by atoms with Gasteiger partial charge in [-0.3, -0.25) is 0 Å². The van der Waals surface area contributed by atoms with E-state index in [9.17, 15) is 8.42 Å². The van der Waals surface area contributed by atoms with Crippen LogP contribution in [-0.2, 0) is 10.0 Å². The van der Waals surface area contributed by atoms with Crippen molar-refractivity contribution >= 4 is 10.0 Å². The third-order valence-electron chi connectivity index (χ3n) is 3.25. The number of rotatable bonds is 5. The maximum absolute atomic E-state index is 12.0. The Morgan fingerprint density at radius 2 is 2.28 bits per heavy atom. The fraction of sp³-hybridized carbons (Fsp3) is 0.538. The van der Waals surface area contributed by atoms with Gasteiger partial charge in [-0.2, -0.15) is 0 Å². The van der Waals surface area contributed by atoms with Crippen molar-refractivity contribution in [2.24, 2.45) is 0 Å². The van der Waals surface area contributed by atoms with Gasteiger partial charge in [0.15, 0.2) is 0 Å². The highest BCUT2D eigenvalue weighted by molar-refractivity contribution is 7.89. The fourth-order valence-electron chi connectivity index (χ4n) is 2.24. The Morgan fingerprint density at radius 1 is 1.44 bits per heavy atom. The second kappa shape index (κ2) is 5.82. The smallest absolute Gasteiger partial charge is 0.240 e. The normalized spacial score (nSPS) is 20.2. The zero-order chi connectivity index (χ0) is 13.0. The van der Waals surface area contributed by atoms with Gasteiger partial charge in [0.2, 0.25) is 10.0 Å². The van der Waals surface area contributed by atoms with Crippen molar-refractivity contribution in [1.29, 1.82) is 0 Å². The summed E-state index contributed by atoms with van der Waals surface area (Å²) in [5, 5.41) is 3.36. The first-order chi connectivity index (χ1) is 8.58. The minimum Gasteiger partial charge on any atom is -0.314 e. The molecule has 4 nitrogen and oxygen atoms in total. The molecule has 1 fully saturated rings. The van der Waals surface area contributed by atoms with Gasteiger partial charge < -0.3 is 5.32 Å². The van der Waals surface area contributed by atoms with E-state index in [1.165, 1.54) is 6.42 Å². The second-order valence-electron chi connectivity index (χ2n) is 4.80. The van der Waals surface area contributed by atoms with Gasteiger partial charge in [0.1, 0.15) is 0 Å². The zero-order valence-corrected chi connectivity index (χ0v) is 11.5. The minimum absolute atomic E-state index is 0.349. The van der Waals surface area contributed by atoms with E-state index in [4.69, 9.17) is 0 Å². The highest BCUT2D eigenvalue weighted by Gasteiger charge is 2.17. The number of aryl methyl sites for hydroxylation is 1. The number of benzene rings is 1. The molecular weight excluding hydrogens is 248 g/mol. The van der Waals surface area contributed by atoms with E-state index in [0.717, 1.165) is 24.9 Å². The molecule has 5 heteroatoms. The first-order valence-electron chi connectivity index (χ1n) is 6.38. The molecular formula is C13H20N2O2S. The molecule has 1 atom stereocenters. The molecule has 1 aliphatic heterocycles. The van der Waals surface area contributed by atoms with E-state index in [0.29, 0.717) is 17.5 Å². The third-order valence-corrected chi connectivity index (χ3v) is 4.71. The molecule has 0 spiro atoms. The first-order valence-corrected chi connectivity index (χ1v) is 7.86. The summed E-state index contributed by atoms with van der Waals surface area (Å²) >= 11 is 0. The van der Waals surface area contributed by atoms with Crippen LogP contribution in [0.3, 0.4) is 0 Å². The Morgan fingerprint density at radius 3 is 2.94 bits per heavy atom. The van der Waals surface area contributed by atoms with E-state index in [-0.39, 0.29) is 0 Å². The van der Waals surface area contributed by atoms with Gasteiger partial charge in [-0.05, 0) is 50.4 Å². The van der Waals surface area contributed by atoms with Gasteiger partial charge in [-0.25, -0.2) is 13.1 Å². The quantitative estimate of drug-likeness (QED) is 0.849. The summed E-state index contributed by atoms with van der Waals surface area (Å²) in [6.45, 7) is 3.44. The largest absolute Gasteiger partial charge is 0.314 e. The maximum Gasteiger partial charge on any atom is 0.240 e. The number of hydrogen-bond donors (Lipinski definition) is 2. The predicted octanol–water partition coefficient (Wildman–Crippen LogP) is 1.42. The summed E-state index contributed by atoms with van der Waals surface area (Å²) in [4.78, 5) is 0.349. The predicted molar refractivity (Wildman–Crippen MR) is 72.0 cm³/mol. The molecule has 18 heavy (non-hydrogen) atoms. The van der Waals surface area contributed by atoms with Gasteiger partial charge in [0.25, 0.3) is 0 Å². The Hall–Kier alpha value is -0.910. The standard InChI is InChI=1S/C13H20N2O2S/c1-11-4-2-6-13(10-11)18(16,17)15-9-7-12-5-3-8-14-12/h2,4,6,10,12,14-15H,3,5,7-9H2,1H3/t12-/m0/s1. The van der Waals surface area contributed by atoms with E-state index in [2.05, 4.69) is 10.0 Å². The SMILES string of the molecule is Cc1cccc(S(=O)(=O)NCC[C@@H]2CCCN2)c1. The van der Waals surface area contributed by atoms with Crippen LogP contribution in [0.5, 0.6) is 0 Å². The van der Waals surface area contributed by atoms with Crippen molar-refractivity contribution in [2.45, 2.75) is 37.1 Å². The van der Waals surface area contributed by atoms with Crippen LogP contribution in [0.2, 0.25) is 0 Å². The highest BCUT2D eigenvalue weighted by atomic mass is 32.2. The van der Waals surface area contributed by atoms with Gasteiger partial charge in [-0.15, -0.1) is 0 Å². The Bertz CT molecular complexity index is 493. The van der Waals surface area contributed by atoms with Gasteiger partial charge in [-0.1, -0.05) is 12.1 Å². The van der Waals surface area contributed by atoms with E-state index >= 15 is 0 Å². The van der Waals surface area contributed by atoms with Crippen LogP contribution in [0.4, 0.5) is 0 Å². The number of sulfonamides is 1. The van der Waals surface area contributed by atoms with Crippen molar-refractivity contribution < 1.29 is 8.42 Å². The Labute approximate surface area is 109 Å². The molecule has 2 N–H and O–H groups in total. The summed E-state index contributed by atoms with van der Waals surface area (Å²) in [6, 6.07) is 7.44. The third kappa shape index (κ3) is 3.54. The van der Waals surface area contributed by atoms with Crippen LogP contribution in [0.15, 0.2) is 29.2 Å². The maximum atomic E-state index is 12.0. The lowest BCUT2D eigenvalue weighted by molar-refractivity contribution is 0.539. The van der Waals surface area contributed by atoms with Crippen molar-refractivity contribution in [1.82, 2.24) is 10.0 Å². The average Bonchev–Trinajstić information content (AvgIpc) is 2.82.